The van der Waals surface area contributed by atoms with Crippen LogP contribution >= 0.6 is 11.6 Å². The highest BCUT2D eigenvalue weighted by Gasteiger charge is 2.17. The molecule has 144 valence electrons. The number of piperazine rings is 1. The number of aryl methyl sites for hydroxylation is 1. The summed E-state index contributed by atoms with van der Waals surface area (Å²) in [5, 5.41) is 14.5. The summed E-state index contributed by atoms with van der Waals surface area (Å²) in [6.07, 6.45) is 1.86. The van der Waals surface area contributed by atoms with E-state index in [1.807, 2.05) is 12.3 Å². The molecular formula is C19H24ClN5O2. The number of anilines is 2. The highest BCUT2D eigenvalue weighted by atomic mass is 35.5. The van der Waals surface area contributed by atoms with Gasteiger partial charge in [0.05, 0.1) is 15.6 Å². The van der Waals surface area contributed by atoms with Gasteiger partial charge in [0.1, 0.15) is 5.82 Å². The van der Waals surface area contributed by atoms with E-state index < -0.39 is 4.92 Å². The Hall–Kier alpha value is -2.38. The Balaban J connectivity index is 1.62. The maximum Gasteiger partial charge on any atom is 0.271 e. The average molecular weight is 390 g/mol. The zero-order valence-electron chi connectivity index (χ0n) is 15.6. The van der Waals surface area contributed by atoms with Crippen molar-refractivity contribution in [3.05, 3.63) is 56.7 Å². The Labute approximate surface area is 164 Å². The molecule has 27 heavy (non-hydrogen) atoms. The minimum atomic E-state index is -0.439. The lowest BCUT2D eigenvalue weighted by Crippen LogP contribution is -2.46. The van der Waals surface area contributed by atoms with Crippen molar-refractivity contribution in [2.45, 2.75) is 20.4 Å². The summed E-state index contributed by atoms with van der Waals surface area (Å²) in [5.74, 6) is 0.999. The van der Waals surface area contributed by atoms with E-state index in [0.717, 1.165) is 49.7 Å². The topological polar surface area (TPSA) is 74.5 Å². The van der Waals surface area contributed by atoms with Crippen LogP contribution < -0.4 is 10.2 Å². The molecule has 0 saturated carbocycles. The van der Waals surface area contributed by atoms with Gasteiger partial charge in [0.25, 0.3) is 5.69 Å². The number of hydrogen-bond acceptors (Lipinski definition) is 6. The van der Waals surface area contributed by atoms with Crippen molar-refractivity contribution >= 4 is 28.8 Å². The fourth-order valence-electron chi connectivity index (χ4n) is 3.25. The monoisotopic (exact) mass is 389 g/mol. The van der Waals surface area contributed by atoms with Crippen molar-refractivity contribution in [3.63, 3.8) is 0 Å². The SMILES string of the molecule is CCN1CCN(c2ccc(CNc3c(C)cc([N+](=O)[O-])cc3Cl)cn2)CC1. The number of pyridine rings is 1. The van der Waals surface area contributed by atoms with Crippen molar-refractivity contribution in [1.29, 1.82) is 0 Å². The zero-order valence-corrected chi connectivity index (χ0v) is 16.4. The van der Waals surface area contributed by atoms with Crippen LogP contribution in [0.5, 0.6) is 0 Å². The third-order valence-electron chi connectivity index (χ3n) is 4.90. The molecule has 2 aromatic rings. The summed E-state index contributed by atoms with van der Waals surface area (Å²) in [5.41, 5.74) is 2.48. The third kappa shape index (κ3) is 4.67. The van der Waals surface area contributed by atoms with Gasteiger partial charge in [-0.05, 0) is 30.7 Å². The van der Waals surface area contributed by atoms with E-state index in [0.29, 0.717) is 17.3 Å². The van der Waals surface area contributed by atoms with Crippen LogP contribution in [0.25, 0.3) is 0 Å². The molecule has 1 fully saturated rings. The fourth-order valence-corrected chi connectivity index (χ4v) is 3.57. The standard InChI is InChI=1S/C19H24ClN5O2/c1-3-23-6-8-24(9-7-23)18-5-4-15(12-21-18)13-22-19-14(2)10-16(25(26)27)11-17(19)20/h4-5,10-12,22H,3,6-9,13H2,1-2H3. The van der Waals surface area contributed by atoms with Gasteiger partial charge in [0, 0.05) is 51.1 Å². The molecule has 7 nitrogen and oxygen atoms in total. The van der Waals surface area contributed by atoms with Gasteiger partial charge in [-0.2, -0.15) is 0 Å². The van der Waals surface area contributed by atoms with E-state index in [1.54, 1.807) is 6.92 Å². The average Bonchev–Trinajstić information content (AvgIpc) is 2.67. The van der Waals surface area contributed by atoms with Gasteiger partial charge < -0.3 is 15.1 Å². The maximum absolute atomic E-state index is 10.9. The number of nitrogens with zero attached hydrogens (tertiary/aromatic N) is 4. The van der Waals surface area contributed by atoms with Crippen molar-refractivity contribution in [3.8, 4) is 0 Å². The Bertz CT molecular complexity index is 781. The summed E-state index contributed by atoms with van der Waals surface area (Å²) in [7, 11) is 0. The molecule has 1 aliphatic rings. The number of likely N-dealkylation sites (N-methyl/N-ethyl adjacent to an activating group) is 1. The Morgan fingerprint density at radius 1 is 1.26 bits per heavy atom. The molecule has 0 aliphatic carbocycles. The molecule has 1 N–H and O–H groups in total. The van der Waals surface area contributed by atoms with E-state index in [2.05, 4.69) is 33.1 Å². The number of non-ortho nitro benzene ring substituents is 1. The largest absolute Gasteiger partial charge is 0.379 e. The van der Waals surface area contributed by atoms with Crippen molar-refractivity contribution in [1.82, 2.24) is 9.88 Å². The first-order valence-electron chi connectivity index (χ1n) is 9.08. The summed E-state index contributed by atoms with van der Waals surface area (Å²) in [4.78, 5) is 19.8. The molecule has 8 heteroatoms. The van der Waals surface area contributed by atoms with Crippen molar-refractivity contribution < 1.29 is 4.92 Å². The minimum absolute atomic E-state index is 0.00256. The number of benzene rings is 1. The zero-order chi connectivity index (χ0) is 19.4. The van der Waals surface area contributed by atoms with E-state index in [1.165, 1.54) is 12.1 Å². The number of nitrogens with one attached hydrogen (secondary N) is 1. The molecule has 1 aromatic carbocycles. The molecule has 1 aliphatic heterocycles. The molecule has 0 spiro atoms. The molecule has 1 saturated heterocycles. The molecule has 0 amide bonds. The molecule has 0 bridgehead atoms. The highest BCUT2D eigenvalue weighted by Crippen LogP contribution is 2.31. The molecule has 3 rings (SSSR count). The fraction of sp³-hybridized carbons (Fsp3) is 0.421. The van der Waals surface area contributed by atoms with Gasteiger partial charge in [-0.25, -0.2) is 4.98 Å². The number of halogens is 1. The quantitative estimate of drug-likeness (QED) is 0.599. The summed E-state index contributed by atoms with van der Waals surface area (Å²) >= 11 is 6.20. The Kier molecular flexibility index (Phi) is 6.13. The Morgan fingerprint density at radius 2 is 2.00 bits per heavy atom. The minimum Gasteiger partial charge on any atom is -0.379 e. The second-order valence-electron chi connectivity index (χ2n) is 6.68. The van der Waals surface area contributed by atoms with Gasteiger partial charge in [-0.15, -0.1) is 0 Å². The maximum atomic E-state index is 10.9. The van der Waals surface area contributed by atoms with Crippen LogP contribution in [0.3, 0.4) is 0 Å². The first-order chi connectivity index (χ1) is 13.0. The first kappa shape index (κ1) is 19.4. The summed E-state index contributed by atoms with van der Waals surface area (Å²) < 4.78 is 0. The summed E-state index contributed by atoms with van der Waals surface area (Å²) in [6.45, 7) is 9.77. The van der Waals surface area contributed by atoms with E-state index in [4.69, 9.17) is 11.6 Å². The number of rotatable bonds is 6. The van der Waals surface area contributed by atoms with Gasteiger partial charge in [0.15, 0.2) is 0 Å². The molecule has 0 atom stereocenters. The van der Waals surface area contributed by atoms with Crippen molar-refractivity contribution in [2.75, 3.05) is 42.9 Å². The lowest BCUT2D eigenvalue weighted by Gasteiger charge is -2.34. The van der Waals surface area contributed by atoms with Crippen LogP contribution in [0.1, 0.15) is 18.1 Å². The van der Waals surface area contributed by atoms with E-state index in [9.17, 15) is 10.1 Å². The normalized spacial score (nSPS) is 15.0. The van der Waals surface area contributed by atoms with Gasteiger partial charge in [-0.1, -0.05) is 24.6 Å². The smallest absolute Gasteiger partial charge is 0.271 e. The highest BCUT2D eigenvalue weighted by molar-refractivity contribution is 6.33. The molecular weight excluding hydrogens is 366 g/mol. The molecule has 0 radical (unpaired) electrons. The van der Waals surface area contributed by atoms with Crippen molar-refractivity contribution in [2.24, 2.45) is 0 Å². The number of nitro benzene ring substituents is 1. The van der Waals surface area contributed by atoms with Crippen LogP contribution in [0.2, 0.25) is 5.02 Å². The second kappa shape index (κ2) is 8.54. The third-order valence-corrected chi connectivity index (χ3v) is 5.20. The molecule has 2 heterocycles. The van der Waals surface area contributed by atoms with Crippen LogP contribution in [0.4, 0.5) is 17.2 Å². The number of hydrogen-bond donors (Lipinski definition) is 1. The predicted octanol–water partition coefficient (Wildman–Crippen LogP) is 3.71. The lowest BCUT2D eigenvalue weighted by atomic mass is 10.1. The number of aromatic nitrogens is 1. The second-order valence-corrected chi connectivity index (χ2v) is 7.08. The van der Waals surface area contributed by atoms with Gasteiger partial charge >= 0.3 is 0 Å². The molecule has 1 aromatic heterocycles. The van der Waals surface area contributed by atoms with Crippen LogP contribution in [0.15, 0.2) is 30.5 Å². The predicted molar refractivity (Wildman–Crippen MR) is 109 cm³/mol. The molecule has 0 unspecified atom stereocenters. The summed E-state index contributed by atoms with van der Waals surface area (Å²) in [6, 6.07) is 6.98. The lowest BCUT2D eigenvalue weighted by molar-refractivity contribution is -0.384. The van der Waals surface area contributed by atoms with Gasteiger partial charge in [0.2, 0.25) is 0 Å². The Morgan fingerprint density at radius 3 is 2.56 bits per heavy atom. The van der Waals surface area contributed by atoms with E-state index >= 15 is 0 Å². The van der Waals surface area contributed by atoms with Crippen LogP contribution in [0, 0.1) is 17.0 Å². The number of nitro groups is 1. The van der Waals surface area contributed by atoms with Crippen LogP contribution in [-0.2, 0) is 6.54 Å². The van der Waals surface area contributed by atoms with Gasteiger partial charge in [-0.3, -0.25) is 10.1 Å². The van der Waals surface area contributed by atoms with E-state index in [-0.39, 0.29) is 5.69 Å². The van der Waals surface area contributed by atoms with Crippen LogP contribution in [-0.4, -0.2) is 47.5 Å². The first-order valence-corrected chi connectivity index (χ1v) is 9.46.